The summed E-state index contributed by atoms with van der Waals surface area (Å²) in [4.78, 5) is 23.7. The predicted octanol–water partition coefficient (Wildman–Crippen LogP) is 5.31. The van der Waals surface area contributed by atoms with Crippen LogP contribution in [0.15, 0.2) is 88.1 Å². The number of benzene rings is 3. The van der Waals surface area contributed by atoms with Gasteiger partial charge in [0.2, 0.25) is 0 Å². The van der Waals surface area contributed by atoms with E-state index in [4.69, 9.17) is 19.0 Å². The van der Waals surface area contributed by atoms with Gasteiger partial charge in [0.25, 0.3) is 0 Å². The number of hydrogen-bond acceptors (Lipinski definition) is 5. The van der Waals surface area contributed by atoms with Gasteiger partial charge < -0.3 is 19.0 Å². The van der Waals surface area contributed by atoms with Gasteiger partial charge in [0.05, 0.1) is 12.0 Å². The Labute approximate surface area is 209 Å². The maximum Gasteiger partial charge on any atom is 0.333 e. The lowest BCUT2D eigenvalue weighted by molar-refractivity contribution is -0.148. The Kier molecular flexibility index (Phi) is 8.17. The topological polar surface area (TPSA) is 86.0 Å². The molecule has 1 N–H and O–H groups in total. The zero-order valence-electron chi connectivity index (χ0n) is 19.9. The summed E-state index contributed by atoms with van der Waals surface area (Å²) >= 11 is 0. The summed E-state index contributed by atoms with van der Waals surface area (Å²) < 4.78 is 16.7. The molecule has 3 aromatic carbocycles. The van der Waals surface area contributed by atoms with Crippen LogP contribution < -0.4 is 10.2 Å². The number of ether oxygens (including phenoxy) is 2. The second-order valence-corrected chi connectivity index (χ2v) is 8.22. The molecule has 6 heteroatoms. The van der Waals surface area contributed by atoms with Crippen LogP contribution in [0.1, 0.15) is 24.0 Å². The second kappa shape index (κ2) is 11.9. The molecule has 0 aliphatic carbocycles. The summed E-state index contributed by atoms with van der Waals surface area (Å²) in [5.74, 6) is 6.40. The molecule has 0 aliphatic rings. The Hall–Kier alpha value is -4.34. The van der Waals surface area contributed by atoms with E-state index in [0.29, 0.717) is 41.9 Å². The van der Waals surface area contributed by atoms with Gasteiger partial charge in [-0.25, -0.2) is 4.79 Å². The molecule has 0 fully saturated rings. The maximum absolute atomic E-state index is 12.6. The van der Waals surface area contributed by atoms with Crippen molar-refractivity contribution in [2.75, 3.05) is 13.7 Å². The van der Waals surface area contributed by atoms with Crippen LogP contribution in [0.25, 0.3) is 22.3 Å². The molecule has 0 amide bonds. The van der Waals surface area contributed by atoms with Crippen LogP contribution in [0.4, 0.5) is 0 Å². The van der Waals surface area contributed by atoms with Crippen molar-refractivity contribution >= 4 is 16.9 Å². The first-order chi connectivity index (χ1) is 17.5. The predicted molar refractivity (Wildman–Crippen MR) is 138 cm³/mol. The molecule has 1 atom stereocenters. The molecule has 0 bridgehead atoms. The highest BCUT2D eigenvalue weighted by Crippen LogP contribution is 2.24. The van der Waals surface area contributed by atoms with E-state index in [1.807, 2.05) is 54.6 Å². The number of unbranched alkanes of at least 4 members (excludes halogenated alkanes) is 1. The number of carboxylic acid groups (broad SMARTS) is 1. The lowest BCUT2D eigenvalue weighted by Crippen LogP contribution is -2.24. The van der Waals surface area contributed by atoms with Gasteiger partial charge in [-0.05, 0) is 42.3 Å². The summed E-state index contributed by atoms with van der Waals surface area (Å²) in [6, 6.07) is 23.8. The molecule has 0 spiro atoms. The number of aliphatic carboxylic acids is 1. The number of carboxylic acids is 1. The Bertz CT molecular complexity index is 1440. The van der Waals surface area contributed by atoms with Crippen LogP contribution in [0, 0.1) is 11.8 Å². The van der Waals surface area contributed by atoms with E-state index in [9.17, 15) is 9.59 Å². The Morgan fingerprint density at radius 3 is 2.53 bits per heavy atom. The Morgan fingerprint density at radius 1 is 1.03 bits per heavy atom. The summed E-state index contributed by atoms with van der Waals surface area (Å²) in [5, 5.41) is 9.56. The molecule has 4 aromatic rings. The van der Waals surface area contributed by atoms with E-state index in [-0.39, 0.29) is 5.43 Å². The molecule has 0 aliphatic heterocycles. The lowest BCUT2D eigenvalue weighted by atomic mass is 10.1. The minimum atomic E-state index is -0.979. The molecule has 4 rings (SSSR count). The zero-order valence-corrected chi connectivity index (χ0v) is 19.9. The molecule has 0 saturated heterocycles. The second-order valence-electron chi connectivity index (χ2n) is 8.22. The van der Waals surface area contributed by atoms with Crippen molar-refractivity contribution in [3.8, 4) is 28.9 Å². The summed E-state index contributed by atoms with van der Waals surface area (Å²) in [7, 11) is 1.39. The molecule has 1 aromatic heterocycles. The molecule has 36 heavy (non-hydrogen) atoms. The van der Waals surface area contributed by atoms with E-state index in [2.05, 4.69) is 11.8 Å². The fourth-order valence-corrected chi connectivity index (χ4v) is 3.69. The first kappa shape index (κ1) is 24.8. The van der Waals surface area contributed by atoms with Gasteiger partial charge in [-0.3, -0.25) is 4.79 Å². The van der Waals surface area contributed by atoms with Crippen LogP contribution in [0.2, 0.25) is 0 Å². The number of fused-ring (bicyclic) bond motifs is 1. The van der Waals surface area contributed by atoms with Crippen molar-refractivity contribution in [2.24, 2.45) is 0 Å². The number of hydrogen-bond donors (Lipinski definition) is 1. The third-order valence-electron chi connectivity index (χ3n) is 5.64. The SMILES string of the molecule is CO[C@@H](Cc1ccc(C#CCCCOc2ccc3oc(-c4ccccc4)cc(=O)c3c2)cc1)C(=O)O. The molecule has 182 valence electrons. The third-order valence-corrected chi connectivity index (χ3v) is 5.64. The molecular formula is C30H26O6. The third kappa shape index (κ3) is 6.41. The maximum atomic E-state index is 12.6. The number of carbonyl (C=O) groups is 1. The van der Waals surface area contributed by atoms with E-state index < -0.39 is 12.1 Å². The molecule has 0 saturated carbocycles. The van der Waals surface area contributed by atoms with E-state index in [0.717, 1.165) is 23.1 Å². The van der Waals surface area contributed by atoms with Crippen LogP contribution in [0.3, 0.4) is 0 Å². The van der Waals surface area contributed by atoms with Gasteiger partial charge in [0.1, 0.15) is 17.1 Å². The standard InChI is InChI=1S/C30H26O6/c1-34-29(30(32)33)18-22-13-11-21(12-14-22)8-4-3-7-17-35-24-15-16-27-25(19-24)26(31)20-28(36-27)23-9-5-2-6-10-23/h2,5-6,9-16,19-20,29H,3,7,17-18H2,1H3,(H,32,33)/t29-/m0/s1. The fourth-order valence-electron chi connectivity index (χ4n) is 3.69. The quantitative estimate of drug-likeness (QED) is 0.257. The molecule has 6 nitrogen and oxygen atoms in total. The summed E-state index contributed by atoms with van der Waals surface area (Å²) in [6.07, 6.45) is 0.842. The van der Waals surface area contributed by atoms with Crippen molar-refractivity contribution in [2.45, 2.75) is 25.4 Å². The normalized spacial score (nSPS) is 11.5. The average molecular weight is 483 g/mol. The summed E-state index contributed by atoms with van der Waals surface area (Å²) in [5.41, 5.74) is 3.00. The fraction of sp³-hybridized carbons (Fsp3) is 0.200. The monoisotopic (exact) mass is 482 g/mol. The number of methoxy groups -OCH3 is 1. The van der Waals surface area contributed by atoms with Crippen molar-refractivity contribution in [1.82, 2.24) is 0 Å². The van der Waals surface area contributed by atoms with Gasteiger partial charge >= 0.3 is 5.97 Å². The van der Waals surface area contributed by atoms with Crippen molar-refractivity contribution < 1.29 is 23.8 Å². The number of rotatable bonds is 9. The molecular weight excluding hydrogens is 456 g/mol. The van der Waals surface area contributed by atoms with Crippen LogP contribution in [0.5, 0.6) is 5.75 Å². The van der Waals surface area contributed by atoms with Crippen molar-refractivity contribution in [1.29, 1.82) is 0 Å². The van der Waals surface area contributed by atoms with Gasteiger partial charge in [0.15, 0.2) is 11.5 Å². The largest absolute Gasteiger partial charge is 0.494 e. The first-order valence-electron chi connectivity index (χ1n) is 11.6. The highest BCUT2D eigenvalue weighted by Gasteiger charge is 2.16. The van der Waals surface area contributed by atoms with Gasteiger partial charge in [-0.2, -0.15) is 0 Å². The van der Waals surface area contributed by atoms with Crippen molar-refractivity contribution in [3.05, 3.63) is 100 Å². The summed E-state index contributed by atoms with van der Waals surface area (Å²) in [6.45, 7) is 0.472. The van der Waals surface area contributed by atoms with Gasteiger partial charge in [0, 0.05) is 37.1 Å². The smallest absolute Gasteiger partial charge is 0.333 e. The van der Waals surface area contributed by atoms with Crippen LogP contribution in [-0.2, 0) is 16.0 Å². The highest BCUT2D eigenvalue weighted by molar-refractivity contribution is 5.80. The lowest BCUT2D eigenvalue weighted by Gasteiger charge is -2.10. The average Bonchev–Trinajstić information content (AvgIpc) is 2.90. The van der Waals surface area contributed by atoms with Crippen molar-refractivity contribution in [3.63, 3.8) is 0 Å². The van der Waals surface area contributed by atoms with Gasteiger partial charge in [-0.1, -0.05) is 54.3 Å². The minimum Gasteiger partial charge on any atom is -0.494 e. The van der Waals surface area contributed by atoms with Gasteiger partial charge in [-0.15, -0.1) is 0 Å². The minimum absolute atomic E-state index is 0.113. The van der Waals surface area contributed by atoms with E-state index in [1.54, 1.807) is 18.2 Å². The first-order valence-corrected chi connectivity index (χ1v) is 11.6. The van der Waals surface area contributed by atoms with Crippen LogP contribution in [-0.4, -0.2) is 30.9 Å². The molecule has 0 radical (unpaired) electrons. The Morgan fingerprint density at radius 2 is 1.81 bits per heavy atom. The van der Waals surface area contributed by atoms with E-state index >= 15 is 0 Å². The Balaban J connectivity index is 1.28. The van der Waals surface area contributed by atoms with E-state index in [1.165, 1.54) is 13.2 Å². The zero-order chi connectivity index (χ0) is 25.3. The van der Waals surface area contributed by atoms with Crippen LogP contribution >= 0.6 is 0 Å². The highest BCUT2D eigenvalue weighted by atomic mass is 16.5. The molecule has 1 heterocycles. The molecule has 0 unspecified atom stereocenters.